The van der Waals surface area contributed by atoms with E-state index in [9.17, 15) is 4.39 Å². The Kier molecular flexibility index (Phi) is 3.56. The highest BCUT2D eigenvalue weighted by Gasteiger charge is 2.35. The number of ether oxygens (including phenoxy) is 1. The first-order valence-corrected chi connectivity index (χ1v) is 5.76. The minimum absolute atomic E-state index is 0.466. The molecule has 0 unspecified atom stereocenters. The van der Waals surface area contributed by atoms with Crippen LogP contribution in [0.2, 0.25) is 0 Å². The van der Waals surface area contributed by atoms with Gasteiger partial charge in [0.2, 0.25) is 0 Å². The molecule has 3 heteroatoms. The number of alkyl halides is 1. The van der Waals surface area contributed by atoms with Crippen molar-refractivity contribution in [2.24, 2.45) is 0 Å². The summed E-state index contributed by atoms with van der Waals surface area (Å²) in [4.78, 5) is 0. The Morgan fingerprint density at radius 2 is 2.00 bits per heavy atom. The topological polar surface area (TPSA) is 21.3 Å². The Hall–Kier alpha value is -0.930. The molecule has 0 aromatic heterocycles. The van der Waals surface area contributed by atoms with E-state index < -0.39 is 5.67 Å². The van der Waals surface area contributed by atoms with Gasteiger partial charge in [-0.1, -0.05) is 24.3 Å². The predicted molar refractivity (Wildman–Crippen MR) is 62.0 cm³/mol. The monoisotopic (exact) mass is 223 g/mol. The molecule has 1 aromatic carbocycles. The average Bonchev–Trinajstić information content (AvgIpc) is 2.31. The molecule has 1 aromatic rings. The minimum atomic E-state index is -1.20. The molecule has 16 heavy (non-hydrogen) atoms. The van der Waals surface area contributed by atoms with Crippen molar-refractivity contribution in [2.45, 2.75) is 25.1 Å². The molecule has 1 aliphatic rings. The summed E-state index contributed by atoms with van der Waals surface area (Å²) >= 11 is 0. The third-order valence-electron chi connectivity index (χ3n) is 3.15. The molecule has 2 rings (SSSR count). The van der Waals surface area contributed by atoms with Crippen molar-refractivity contribution < 1.29 is 9.13 Å². The zero-order chi connectivity index (χ0) is 11.4. The summed E-state index contributed by atoms with van der Waals surface area (Å²) in [6.07, 6.45) is 0.932. The fourth-order valence-corrected chi connectivity index (χ4v) is 2.27. The second kappa shape index (κ2) is 4.93. The first-order chi connectivity index (χ1) is 7.76. The summed E-state index contributed by atoms with van der Waals surface area (Å²) in [5.41, 5.74) is 0.674. The maximum atomic E-state index is 14.8. The summed E-state index contributed by atoms with van der Waals surface area (Å²) in [6.45, 7) is 1.75. The van der Waals surface area contributed by atoms with Gasteiger partial charge in [0.25, 0.3) is 0 Å². The normalized spacial score (nSPS) is 19.6. The summed E-state index contributed by atoms with van der Waals surface area (Å²) in [6, 6.07) is 7.75. The highest BCUT2D eigenvalue weighted by Crippen LogP contribution is 2.37. The van der Waals surface area contributed by atoms with Crippen LogP contribution < -0.4 is 5.32 Å². The van der Waals surface area contributed by atoms with Gasteiger partial charge >= 0.3 is 0 Å². The van der Waals surface area contributed by atoms with Crippen LogP contribution in [0.25, 0.3) is 0 Å². The van der Waals surface area contributed by atoms with Gasteiger partial charge in [-0.25, -0.2) is 4.39 Å². The van der Waals surface area contributed by atoms with Gasteiger partial charge in [-0.3, -0.25) is 0 Å². The van der Waals surface area contributed by atoms with Crippen LogP contribution in [0, 0.1) is 0 Å². The first kappa shape index (κ1) is 11.6. The quantitative estimate of drug-likeness (QED) is 0.849. The molecule has 0 spiro atoms. The lowest BCUT2D eigenvalue weighted by Crippen LogP contribution is -2.30. The third-order valence-corrected chi connectivity index (χ3v) is 3.15. The lowest BCUT2D eigenvalue weighted by molar-refractivity contribution is -0.0119. The van der Waals surface area contributed by atoms with E-state index in [1.165, 1.54) is 0 Å². The Morgan fingerprint density at radius 3 is 2.69 bits per heavy atom. The van der Waals surface area contributed by atoms with E-state index in [2.05, 4.69) is 5.32 Å². The first-order valence-electron chi connectivity index (χ1n) is 5.76. The molecule has 2 nitrogen and oxygen atoms in total. The van der Waals surface area contributed by atoms with Crippen LogP contribution in [-0.4, -0.2) is 20.3 Å². The smallest absolute Gasteiger partial charge is 0.140 e. The number of nitrogens with one attached hydrogen (secondary N) is 1. The largest absolute Gasteiger partial charge is 0.381 e. The maximum absolute atomic E-state index is 14.8. The number of rotatable bonds is 3. The van der Waals surface area contributed by atoms with E-state index in [0.717, 1.165) is 11.1 Å². The van der Waals surface area contributed by atoms with Gasteiger partial charge in [-0.15, -0.1) is 0 Å². The van der Waals surface area contributed by atoms with Crippen LogP contribution in [0.1, 0.15) is 24.0 Å². The van der Waals surface area contributed by atoms with Gasteiger partial charge in [0.15, 0.2) is 0 Å². The third kappa shape index (κ3) is 2.25. The van der Waals surface area contributed by atoms with Gasteiger partial charge in [0, 0.05) is 32.6 Å². The molecule has 0 saturated carbocycles. The van der Waals surface area contributed by atoms with Crippen LogP contribution >= 0.6 is 0 Å². The Balaban J connectivity index is 2.30. The minimum Gasteiger partial charge on any atom is -0.381 e. The fourth-order valence-electron chi connectivity index (χ4n) is 2.27. The average molecular weight is 223 g/mol. The lowest BCUT2D eigenvalue weighted by Gasteiger charge is -2.31. The predicted octanol–water partition coefficient (Wildman–Crippen LogP) is 2.38. The molecule has 1 heterocycles. The van der Waals surface area contributed by atoms with Gasteiger partial charge in [-0.2, -0.15) is 0 Å². The van der Waals surface area contributed by atoms with Crippen molar-refractivity contribution in [1.29, 1.82) is 0 Å². The Labute approximate surface area is 95.8 Å². The molecule has 0 bridgehead atoms. The maximum Gasteiger partial charge on any atom is 0.140 e. The van der Waals surface area contributed by atoms with Crippen molar-refractivity contribution in [1.82, 2.24) is 5.32 Å². The van der Waals surface area contributed by atoms with E-state index in [-0.39, 0.29) is 0 Å². The van der Waals surface area contributed by atoms with Crippen molar-refractivity contribution in [3.05, 3.63) is 35.4 Å². The van der Waals surface area contributed by atoms with Crippen molar-refractivity contribution >= 4 is 0 Å². The van der Waals surface area contributed by atoms with Crippen LogP contribution in [0.15, 0.2) is 24.3 Å². The van der Waals surface area contributed by atoms with Gasteiger partial charge in [0.05, 0.1) is 0 Å². The zero-order valence-electron chi connectivity index (χ0n) is 9.63. The van der Waals surface area contributed by atoms with E-state index >= 15 is 0 Å². The highest BCUT2D eigenvalue weighted by molar-refractivity contribution is 5.32. The summed E-state index contributed by atoms with van der Waals surface area (Å²) in [5, 5.41) is 3.08. The lowest BCUT2D eigenvalue weighted by atomic mass is 9.85. The number of hydrogen-bond acceptors (Lipinski definition) is 2. The molecule has 1 saturated heterocycles. The Bertz CT molecular complexity index is 348. The fraction of sp³-hybridized carbons (Fsp3) is 0.538. The van der Waals surface area contributed by atoms with E-state index in [4.69, 9.17) is 4.74 Å². The van der Waals surface area contributed by atoms with Crippen molar-refractivity contribution in [3.8, 4) is 0 Å². The molecule has 0 aliphatic carbocycles. The van der Waals surface area contributed by atoms with E-state index in [1.807, 2.05) is 31.3 Å². The van der Waals surface area contributed by atoms with E-state index in [0.29, 0.717) is 32.6 Å². The van der Waals surface area contributed by atoms with Gasteiger partial charge in [-0.05, 0) is 18.2 Å². The second-order valence-corrected chi connectivity index (χ2v) is 4.27. The second-order valence-electron chi connectivity index (χ2n) is 4.27. The van der Waals surface area contributed by atoms with Gasteiger partial charge in [0.1, 0.15) is 5.67 Å². The molecule has 0 atom stereocenters. The Morgan fingerprint density at radius 1 is 1.31 bits per heavy atom. The highest BCUT2D eigenvalue weighted by atomic mass is 19.1. The van der Waals surface area contributed by atoms with Crippen LogP contribution in [0.4, 0.5) is 4.39 Å². The van der Waals surface area contributed by atoms with Crippen LogP contribution in [0.5, 0.6) is 0 Å². The molecule has 1 fully saturated rings. The number of benzene rings is 1. The number of hydrogen-bond donors (Lipinski definition) is 1. The molecule has 88 valence electrons. The summed E-state index contributed by atoms with van der Waals surface area (Å²) < 4.78 is 20.0. The van der Waals surface area contributed by atoms with Gasteiger partial charge < -0.3 is 10.1 Å². The standard InChI is InChI=1S/C13H18FNO/c1-15-10-11-4-2-3-5-12(11)13(14)6-8-16-9-7-13/h2-5,15H,6-10H2,1H3. The SMILES string of the molecule is CNCc1ccccc1C1(F)CCOCC1. The number of halogens is 1. The molecule has 0 amide bonds. The molecule has 1 N–H and O–H groups in total. The zero-order valence-corrected chi connectivity index (χ0v) is 9.63. The van der Waals surface area contributed by atoms with Crippen molar-refractivity contribution in [3.63, 3.8) is 0 Å². The van der Waals surface area contributed by atoms with Crippen LogP contribution in [-0.2, 0) is 17.0 Å². The molecular weight excluding hydrogens is 205 g/mol. The summed E-state index contributed by atoms with van der Waals surface area (Å²) in [7, 11) is 1.88. The summed E-state index contributed by atoms with van der Waals surface area (Å²) in [5.74, 6) is 0. The van der Waals surface area contributed by atoms with Crippen LogP contribution in [0.3, 0.4) is 0 Å². The molecule has 0 radical (unpaired) electrons. The molecular formula is C13H18FNO. The van der Waals surface area contributed by atoms with Crippen molar-refractivity contribution in [2.75, 3.05) is 20.3 Å². The van der Waals surface area contributed by atoms with E-state index in [1.54, 1.807) is 0 Å². The molecule has 1 aliphatic heterocycles.